The van der Waals surface area contributed by atoms with Gasteiger partial charge in [0.1, 0.15) is 6.10 Å². The Morgan fingerprint density at radius 2 is 0.750 bits per heavy atom. The van der Waals surface area contributed by atoms with Gasteiger partial charge in [0.05, 0.1) is 6.10 Å². The fourth-order valence-electron chi connectivity index (χ4n) is 6.66. The lowest BCUT2D eigenvalue weighted by molar-refractivity contribution is 0.176. The van der Waals surface area contributed by atoms with E-state index < -0.39 is 12.2 Å². The van der Waals surface area contributed by atoms with Crippen molar-refractivity contribution in [3.8, 4) is 0 Å². The highest BCUT2D eigenvalue weighted by molar-refractivity contribution is 5.42. The van der Waals surface area contributed by atoms with Gasteiger partial charge in [-0.05, 0) is 181 Å². The molecular formula is C50H74O2. The highest BCUT2D eigenvalue weighted by atomic mass is 16.3. The molecule has 2 heteroatoms. The van der Waals surface area contributed by atoms with Gasteiger partial charge in [-0.15, -0.1) is 0 Å². The summed E-state index contributed by atoms with van der Waals surface area (Å²) in [5.41, 5.74) is 14.3. The van der Waals surface area contributed by atoms with Crippen molar-refractivity contribution >= 4 is 0 Å². The quantitative estimate of drug-likeness (QED) is 0.111. The molecule has 0 fully saturated rings. The molecule has 0 spiro atoms. The molecule has 2 atom stereocenters. The highest BCUT2D eigenvalue weighted by Crippen LogP contribution is 2.37. The van der Waals surface area contributed by atoms with Gasteiger partial charge in [-0.1, -0.05) is 117 Å². The summed E-state index contributed by atoms with van der Waals surface area (Å²) < 4.78 is 0. The molecule has 0 aliphatic heterocycles. The van der Waals surface area contributed by atoms with Crippen LogP contribution in [0.2, 0.25) is 0 Å². The maximum Gasteiger partial charge on any atom is 0.101 e. The van der Waals surface area contributed by atoms with Crippen LogP contribution in [-0.2, 0) is 0 Å². The number of hydrogen-bond acceptors (Lipinski definition) is 2. The van der Waals surface area contributed by atoms with Gasteiger partial charge >= 0.3 is 0 Å². The van der Waals surface area contributed by atoms with Crippen LogP contribution in [0.5, 0.6) is 0 Å². The first-order valence-corrected chi connectivity index (χ1v) is 20.2. The second-order valence-corrected chi connectivity index (χ2v) is 15.8. The van der Waals surface area contributed by atoms with Crippen molar-refractivity contribution in [1.29, 1.82) is 0 Å². The SMILES string of the molecule is CC(C)=CCC/C(C)=C/CC/C(C)=C/CC/C(C)=C/CC/C(C)=C/CC/C(C)=C/CC/C(C)=C/CC/C(C)=C/CC1=CC(O)c2ccccc2C1O. The van der Waals surface area contributed by atoms with Gasteiger partial charge in [0.25, 0.3) is 0 Å². The Bertz CT molecular complexity index is 1510. The predicted molar refractivity (Wildman–Crippen MR) is 229 cm³/mol. The third kappa shape index (κ3) is 19.6. The van der Waals surface area contributed by atoms with Gasteiger partial charge in [-0.25, -0.2) is 0 Å². The van der Waals surface area contributed by atoms with Gasteiger partial charge in [0.15, 0.2) is 0 Å². The predicted octanol–water partition coefficient (Wildman–Crippen LogP) is 15.1. The Kier molecular flexibility index (Phi) is 22.2. The van der Waals surface area contributed by atoms with Crippen LogP contribution in [0.25, 0.3) is 0 Å². The minimum absolute atomic E-state index is 0.637. The first kappa shape index (κ1) is 45.0. The smallest absolute Gasteiger partial charge is 0.101 e. The molecule has 0 amide bonds. The molecule has 0 saturated heterocycles. The molecule has 0 bridgehead atoms. The summed E-state index contributed by atoms with van der Waals surface area (Å²) in [6.45, 7) is 20.2. The van der Waals surface area contributed by atoms with Crippen molar-refractivity contribution in [1.82, 2.24) is 0 Å². The molecular weight excluding hydrogens is 633 g/mol. The first-order valence-electron chi connectivity index (χ1n) is 20.2. The van der Waals surface area contributed by atoms with E-state index in [-0.39, 0.29) is 0 Å². The molecule has 1 aromatic rings. The number of benzene rings is 1. The van der Waals surface area contributed by atoms with Crippen LogP contribution in [0.1, 0.15) is 182 Å². The second kappa shape index (κ2) is 25.7. The fourth-order valence-corrected chi connectivity index (χ4v) is 6.66. The summed E-state index contributed by atoms with van der Waals surface area (Å²) in [7, 11) is 0. The van der Waals surface area contributed by atoms with Gasteiger partial charge in [0.2, 0.25) is 0 Å². The number of aliphatic hydroxyl groups is 2. The number of fused-ring (bicyclic) bond motifs is 1. The van der Waals surface area contributed by atoms with Gasteiger partial charge in [-0.3, -0.25) is 0 Å². The van der Waals surface area contributed by atoms with E-state index in [9.17, 15) is 10.2 Å². The Morgan fingerprint density at radius 1 is 0.442 bits per heavy atom. The molecule has 1 aromatic carbocycles. The lowest BCUT2D eigenvalue weighted by Crippen LogP contribution is -2.13. The molecule has 2 rings (SSSR count). The third-order valence-electron chi connectivity index (χ3n) is 10.3. The lowest BCUT2D eigenvalue weighted by atomic mass is 9.86. The molecule has 2 unspecified atom stereocenters. The van der Waals surface area contributed by atoms with Crippen LogP contribution in [0, 0.1) is 0 Å². The van der Waals surface area contributed by atoms with E-state index in [0.29, 0.717) is 6.42 Å². The van der Waals surface area contributed by atoms with Crippen molar-refractivity contribution in [2.24, 2.45) is 0 Å². The maximum atomic E-state index is 10.8. The molecule has 0 aromatic heterocycles. The Morgan fingerprint density at radius 3 is 1.10 bits per heavy atom. The minimum atomic E-state index is -0.641. The number of rotatable bonds is 23. The van der Waals surface area contributed by atoms with Crippen molar-refractivity contribution < 1.29 is 10.2 Å². The summed E-state index contributed by atoms with van der Waals surface area (Å²) in [5.74, 6) is 0. The van der Waals surface area contributed by atoms with Crippen LogP contribution in [0.3, 0.4) is 0 Å². The molecule has 2 N–H and O–H groups in total. The van der Waals surface area contributed by atoms with E-state index in [1.807, 2.05) is 30.3 Å². The molecule has 0 saturated carbocycles. The van der Waals surface area contributed by atoms with Crippen molar-refractivity contribution in [3.63, 3.8) is 0 Å². The van der Waals surface area contributed by atoms with E-state index >= 15 is 0 Å². The summed E-state index contributed by atoms with van der Waals surface area (Å²) in [4.78, 5) is 0. The Hall–Kier alpha value is -3.20. The molecule has 286 valence electrons. The standard InChI is InChI=1S/C50H74O2/c1-38(2)19-12-20-39(3)21-13-22-40(4)23-14-24-41(5)25-15-26-42(6)27-16-28-43(7)29-17-30-44(8)31-18-32-45(9)35-36-46-37-49(51)47-33-10-11-34-48(47)50(46)52/h10-11,19,21,23,25,27,29,31,33-35,37,49-52H,12-18,20,22,24,26,28,30,32,36H2,1-9H3/b39-21+,40-23+,41-25+,42-27+,43-29+,44-31+,45-35+. The molecule has 1 aliphatic carbocycles. The average Bonchev–Trinajstić information content (AvgIpc) is 3.09. The summed E-state index contributed by atoms with van der Waals surface area (Å²) in [6.07, 6.45) is 36.2. The highest BCUT2D eigenvalue weighted by Gasteiger charge is 2.24. The molecule has 1 aliphatic rings. The largest absolute Gasteiger partial charge is 0.384 e. The first-order chi connectivity index (χ1) is 24.8. The van der Waals surface area contributed by atoms with Gasteiger partial charge in [0, 0.05) is 0 Å². The van der Waals surface area contributed by atoms with Crippen LogP contribution >= 0.6 is 0 Å². The van der Waals surface area contributed by atoms with Gasteiger partial charge < -0.3 is 10.2 Å². The fraction of sp³-hybridized carbons (Fsp3) is 0.520. The lowest BCUT2D eigenvalue weighted by Gasteiger charge is -2.25. The Labute approximate surface area is 320 Å². The summed E-state index contributed by atoms with van der Waals surface area (Å²) in [5, 5.41) is 21.3. The van der Waals surface area contributed by atoms with E-state index in [2.05, 4.69) is 111 Å². The van der Waals surface area contributed by atoms with Crippen molar-refractivity contribution in [3.05, 3.63) is 140 Å². The summed E-state index contributed by atoms with van der Waals surface area (Å²) in [6, 6.07) is 7.63. The van der Waals surface area contributed by atoms with Crippen molar-refractivity contribution in [2.45, 2.75) is 171 Å². The molecule has 2 nitrogen and oxygen atoms in total. The van der Waals surface area contributed by atoms with Crippen molar-refractivity contribution in [2.75, 3.05) is 0 Å². The average molecular weight is 707 g/mol. The number of hydrogen-bond donors (Lipinski definition) is 2. The monoisotopic (exact) mass is 707 g/mol. The topological polar surface area (TPSA) is 40.5 Å². The van der Waals surface area contributed by atoms with E-state index in [1.165, 1.54) is 63.8 Å². The Balaban J connectivity index is 1.60. The minimum Gasteiger partial charge on any atom is -0.384 e. The van der Waals surface area contributed by atoms with Crippen LogP contribution < -0.4 is 0 Å². The maximum absolute atomic E-state index is 10.8. The molecule has 0 heterocycles. The second-order valence-electron chi connectivity index (χ2n) is 15.8. The van der Waals surface area contributed by atoms with E-state index in [0.717, 1.165) is 87.3 Å². The van der Waals surface area contributed by atoms with Crippen LogP contribution in [0.4, 0.5) is 0 Å². The number of aliphatic hydroxyl groups excluding tert-OH is 2. The third-order valence-corrected chi connectivity index (χ3v) is 10.3. The number of allylic oxidation sites excluding steroid dienone is 16. The zero-order chi connectivity index (χ0) is 38.3. The zero-order valence-electron chi connectivity index (χ0n) is 34.7. The van der Waals surface area contributed by atoms with Gasteiger partial charge in [-0.2, -0.15) is 0 Å². The van der Waals surface area contributed by atoms with E-state index in [1.54, 1.807) is 0 Å². The van der Waals surface area contributed by atoms with Crippen LogP contribution in [-0.4, -0.2) is 10.2 Å². The van der Waals surface area contributed by atoms with Crippen LogP contribution in [0.15, 0.2) is 129 Å². The normalized spacial score (nSPS) is 18.1. The summed E-state index contributed by atoms with van der Waals surface area (Å²) >= 11 is 0. The van der Waals surface area contributed by atoms with E-state index in [4.69, 9.17) is 0 Å². The molecule has 52 heavy (non-hydrogen) atoms. The molecule has 0 radical (unpaired) electrons. The zero-order valence-corrected chi connectivity index (χ0v) is 34.7.